The predicted molar refractivity (Wildman–Crippen MR) is 97.7 cm³/mol. The van der Waals surface area contributed by atoms with Gasteiger partial charge in [0.2, 0.25) is 0 Å². The van der Waals surface area contributed by atoms with Crippen molar-refractivity contribution < 1.29 is 4.43 Å². The van der Waals surface area contributed by atoms with E-state index in [0.29, 0.717) is 5.92 Å². The lowest BCUT2D eigenvalue weighted by molar-refractivity contribution is 0.219. The zero-order chi connectivity index (χ0) is 17.3. The topological polar surface area (TPSA) is 70.1 Å². The molecule has 0 fully saturated rings. The average Bonchev–Trinajstić information content (AvgIpc) is 2.45. The Hall–Kier alpha value is -1.40. The molecule has 1 atom stereocenters. The molecule has 0 aromatic carbocycles. The fourth-order valence-electron chi connectivity index (χ4n) is 2.42. The van der Waals surface area contributed by atoms with Crippen molar-refractivity contribution in [2.75, 3.05) is 12.3 Å². The van der Waals surface area contributed by atoms with Crippen molar-refractivity contribution in [3.05, 3.63) is 28.8 Å². The Kier molecular flexibility index (Phi) is 5.16. The summed E-state index contributed by atoms with van der Waals surface area (Å²) in [4.78, 5) is 15.7. The van der Waals surface area contributed by atoms with E-state index in [-0.39, 0.29) is 16.5 Å². The number of allylic oxidation sites excluding steroid dienone is 2. The number of rotatable bonds is 4. The first-order chi connectivity index (χ1) is 10.6. The largest absolute Gasteiger partial charge is 0.417 e. The maximum absolute atomic E-state index is 11.9. The van der Waals surface area contributed by atoms with E-state index in [9.17, 15) is 4.79 Å². The smallest absolute Gasteiger partial charge is 0.353 e. The van der Waals surface area contributed by atoms with Crippen LogP contribution in [0.1, 0.15) is 40.0 Å². The number of aromatic nitrogens is 2. The van der Waals surface area contributed by atoms with Gasteiger partial charge in [0.05, 0.1) is 0 Å². The Morgan fingerprint density at radius 3 is 2.65 bits per heavy atom. The molecule has 0 saturated heterocycles. The lowest BCUT2D eigenvalue weighted by Crippen LogP contribution is -2.42. The van der Waals surface area contributed by atoms with Crippen molar-refractivity contribution in [2.24, 2.45) is 5.92 Å². The van der Waals surface area contributed by atoms with Crippen LogP contribution in [0.25, 0.3) is 5.70 Å². The Morgan fingerprint density at radius 1 is 1.43 bits per heavy atom. The van der Waals surface area contributed by atoms with Gasteiger partial charge in [-0.15, -0.1) is 0 Å². The summed E-state index contributed by atoms with van der Waals surface area (Å²) in [5, 5.41) is 0.242. The summed E-state index contributed by atoms with van der Waals surface area (Å²) in [7, 11) is -1.68. The number of hydrogen-bond acceptors (Lipinski definition) is 4. The maximum Gasteiger partial charge on any atom is 0.353 e. The van der Waals surface area contributed by atoms with E-state index in [4.69, 9.17) is 10.2 Å². The van der Waals surface area contributed by atoms with Crippen molar-refractivity contribution >= 4 is 19.8 Å². The van der Waals surface area contributed by atoms with Crippen LogP contribution in [0.4, 0.5) is 5.82 Å². The van der Waals surface area contributed by atoms with Crippen molar-refractivity contribution in [1.29, 1.82) is 0 Å². The van der Waals surface area contributed by atoms with Crippen molar-refractivity contribution in [3.8, 4) is 0 Å². The molecule has 0 aliphatic heterocycles. The number of anilines is 1. The molecule has 5 nitrogen and oxygen atoms in total. The standard InChI is InChI=1S/C17H29N3O2Si/c1-17(2,3)23(4,5)22-12-13-6-8-14(9-7-13)20-11-10-15(18)19-16(20)21/h8,10-11,13H,6-7,9,12H2,1-5H3,(H2,18,19,21). The highest BCUT2D eigenvalue weighted by Gasteiger charge is 2.37. The molecule has 2 N–H and O–H groups in total. The molecule has 6 heteroatoms. The summed E-state index contributed by atoms with van der Waals surface area (Å²) in [6.45, 7) is 12.2. The minimum atomic E-state index is -1.68. The summed E-state index contributed by atoms with van der Waals surface area (Å²) in [5.41, 5.74) is 6.26. The summed E-state index contributed by atoms with van der Waals surface area (Å²) >= 11 is 0. The molecule has 0 amide bonds. The summed E-state index contributed by atoms with van der Waals surface area (Å²) in [6, 6.07) is 1.66. The second kappa shape index (κ2) is 6.61. The van der Waals surface area contributed by atoms with Gasteiger partial charge >= 0.3 is 5.69 Å². The highest BCUT2D eigenvalue weighted by molar-refractivity contribution is 6.74. The van der Waals surface area contributed by atoms with Crippen LogP contribution < -0.4 is 11.4 Å². The second-order valence-electron chi connectivity index (χ2n) is 7.91. The molecular weight excluding hydrogens is 306 g/mol. The summed E-state index contributed by atoms with van der Waals surface area (Å²) in [6.07, 6.45) is 6.71. The highest BCUT2D eigenvalue weighted by atomic mass is 28.4. The van der Waals surface area contributed by atoms with Gasteiger partial charge in [-0.3, -0.25) is 4.57 Å². The van der Waals surface area contributed by atoms with Crippen molar-refractivity contribution in [2.45, 2.75) is 58.2 Å². The molecule has 23 heavy (non-hydrogen) atoms. The number of nitrogen functional groups attached to an aromatic ring is 1. The first-order valence-corrected chi connectivity index (χ1v) is 11.2. The Labute approximate surface area is 139 Å². The first-order valence-electron chi connectivity index (χ1n) is 8.29. The average molecular weight is 336 g/mol. The molecule has 1 unspecified atom stereocenters. The van der Waals surface area contributed by atoms with Crippen LogP contribution in [0.5, 0.6) is 0 Å². The van der Waals surface area contributed by atoms with Crippen LogP contribution in [0.3, 0.4) is 0 Å². The Morgan fingerprint density at radius 2 is 2.13 bits per heavy atom. The molecule has 0 spiro atoms. The van der Waals surface area contributed by atoms with E-state index >= 15 is 0 Å². The molecule has 0 bridgehead atoms. The summed E-state index contributed by atoms with van der Waals surface area (Å²) in [5.74, 6) is 0.800. The maximum atomic E-state index is 11.9. The zero-order valence-corrected chi connectivity index (χ0v) is 15.9. The van der Waals surface area contributed by atoms with Crippen LogP contribution >= 0.6 is 0 Å². The normalized spacial score (nSPS) is 19.5. The van der Waals surface area contributed by atoms with Gasteiger partial charge < -0.3 is 10.2 Å². The van der Waals surface area contributed by atoms with Gasteiger partial charge in [-0.25, -0.2) is 4.79 Å². The number of nitrogens with two attached hydrogens (primary N) is 1. The minimum absolute atomic E-state index is 0.242. The van der Waals surface area contributed by atoms with Crippen LogP contribution in [-0.4, -0.2) is 24.5 Å². The third-order valence-electron chi connectivity index (χ3n) is 5.12. The third-order valence-corrected chi connectivity index (χ3v) is 9.62. The van der Waals surface area contributed by atoms with Crippen LogP contribution in [0.2, 0.25) is 18.1 Å². The van der Waals surface area contributed by atoms with E-state index < -0.39 is 8.32 Å². The SMILES string of the molecule is CC(C)(C)[Si](C)(C)OCC1CC=C(n2ccc(N)nc2=O)CC1. The molecule has 0 radical (unpaired) electrons. The third kappa shape index (κ3) is 4.32. The molecule has 1 aliphatic rings. The van der Waals surface area contributed by atoms with E-state index in [2.05, 4.69) is 44.9 Å². The van der Waals surface area contributed by atoms with Crippen LogP contribution in [-0.2, 0) is 4.43 Å². The fraction of sp³-hybridized carbons (Fsp3) is 0.647. The molecule has 2 rings (SSSR count). The van der Waals surface area contributed by atoms with Gasteiger partial charge in [-0.05, 0) is 49.4 Å². The van der Waals surface area contributed by atoms with Gasteiger partial charge in [0.1, 0.15) is 5.82 Å². The van der Waals surface area contributed by atoms with E-state index in [1.165, 1.54) is 0 Å². The van der Waals surface area contributed by atoms with Crippen LogP contribution in [0.15, 0.2) is 23.1 Å². The quantitative estimate of drug-likeness (QED) is 0.855. The van der Waals surface area contributed by atoms with Gasteiger partial charge in [0, 0.05) is 18.5 Å². The number of nitrogens with zero attached hydrogens (tertiary/aromatic N) is 2. The fourth-order valence-corrected chi connectivity index (χ4v) is 3.51. The van der Waals surface area contributed by atoms with Gasteiger partial charge in [0.25, 0.3) is 0 Å². The molecule has 1 heterocycles. The molecule has 1 aliphatic carbocycles. The van der Waals surface area contributed by atoms with Crippen molar-refractivity contribution in [1.82, 2.24) is 9.55 Å². The number of hydrogen-bond donors (Lipinski definition) is 1. The highest BCUT2D eigenvalue weighted by Crippen LogP contribution is 2.37. The summed E-state index contributed by atoms with van der Waals surface area (Å²) < 4.78 is 7.92. The molecule has 1 aromatic rings. The second-order valence-corrected chi connectivity index (χ2v) is 12.7. The van der Waals surface area contributed by atoms with Gasteiger partial charge in [0.15, 0.2) is 8.32 Å². The van der Waals surface area contributed by atoms with E-state index in [1.807, 2.05) is 0 Å². The first kappa shape index (κ1) is 17.9. The molecule has 1 aromatic heterocycles. The van der Waals surface area contributed by atoms with Crippen LogP contribution in [0, 0.1) is 5.92 Å². The minimum Gasteiger partial charge on any atom is -0.417 e. The van der Waals surface area contributed by atoms with E-state index in [1.54, 1.807) is 16.8 Å². The van der Waals surface area contributed by atoms with E-state index in [0.717, 1.165) is 31.6 Å². The molecular formula is C17H29N3O2Si. The van der Waals surface area contributed by atoms with Gasteiger partial charge in [-0.2, -0.15) is 4.98 Å². The molecule has 128 valence electrons. The molecule has 0 saturated carbocycles. The predicted octanol–water partition coefficient (Wildman–Crippen LogP) is 3.49. The Balaban J connectivity index is 1.98. The monoisotopic (exact) mass is 335 g/mol. The van der Waals surface area contributed by atoms with Crippen molar-refractivity contribution in [3.63, 3.8) is 0 Å². The lowest BCUT2D eigenvalue weighted by Gasteiger charge is -2.37. The Bertz CT molecular complexity index is 644. The lowest BCUT2D eigenvalue weighted by atomic mass is 9.93. The van der Waals surface area contributed by atoms with Gasteiger partial charge in [-0.1, -0.05) is 26.8 Å². The zero-order valence-electron chi connectivity index (χ0n) is 14.9.